The van der Waals surface area contributed by atoms with Gasteiger partial charge in [0, 0.05) is 21.1 Å². The SMILES string of the molecule is CCOc1nc(NC)nc(NC(=O)NS(=O)(=O)c2cccc(N(C)C)n2)n1. The number of carbonyl (C=O) groups excluding carboxylic acids is 1. The first-order valence-electron chi connectivity index (χ1n) is 7.80. The first-order chi connectivity index (χ1) is 12.7. The molecule has 27 heavy (non-hydrogen) atoms. The fourth-order valence-corrected chi connectivity index (χ4v) is 2.69. The Morgan fingerprint density at radius 1 is 1.15 bits per heavy atom. The van der Waals surface area contributed by atoms with Gasteiger partial charge in [0.15, 0.2) is 5.03 Å². The van der Waals surface area contributed by atoms with E-state index in [9.17, 15) is 13.2 Å². The van der Waals surface area contributed by atoms with Gasteiger partial charge in [-0.2, -0.15) is 23.4 Å². The molecule has 12 nitrogen and oxygen atoms in total. The van der Waals surface area contributed by atoms with Gasteiger partial charge >= 0.3 is 12.0 Å². The van der Waals surface area contributed by atoms with Gasteiger partial charge in [-0.1, -0.05) is 6.07 Å². The summed E-state index contributed by atoms with van der Waals surface area (Å²) in [6.45, 7) is 2.05. The molecule has 3 N–H and O–H groups in total. The molecular weight excluding hydrogens is 376 g/mol. The van der Waals surface area contributed by atoms with E-state index < -0.39 is 16.1 Å². The zero-order valence-electron chi connectivity index (χ0n) is 15.2. The van der Waals surface area contributed by atoms with E-state index in [1.807, 2.05) is 4.72 Å². The lowest BCUT2D eigenvalue weighted by Crippen LogP contribution is -2.35. The number of carbonyl (C=O) groups is 1. The summed E-state index contributed by atoms with van der Waals surface area (Å²) in [6, 6.07) is 3.36. The van der Waals surface area contributed by atoms with Crippen molar-refractivity contribution in [1.82, 2.24) is 24.7 Å². The Morgan fingerprint density at radius 3 is 2.48 bits per heavy atom. The van der Waals surface area contributed by atoms with E-state index in [2.05, 4.69) is 30.6 Å². The van der Waals surface area contributed by atoms with Crippen LogP contribution in [0.1, 0.15) is 6.92 Å². The van der Waals surface area contributed by atoms with Crippen molar-refractivity contribution in [3.8, 4) is 6.01 Å². The summed E-state index contributed by atoms with van der Waals surface area (Å²) in [5.74, 6) is 0.392. The van der Waals surface area contributed by atoms with E-state index in [0.717, 1.165) is 0 Å². The molecule has 0 spiro atoms. The summed E-state index contributed by atoms with van der Waals surface area (Å²) >= 11 is 0. The Kier molecular flexibility index (Phi) is 6.28. The minimum absolute atomic E-state index is 0.0182. The fraction of sp³-hybridized carbons (Fsp3) is 0.357. The maximum absolute atomic E-state index is 12.4. The minimum Gasteiger partial charge on any atom is -0.464 e. The van der Waals surface area contributed by atoms with Gasteiger partial charge in [-0.05, 0) is 19.1 Å². The Bertz CT molecular complexity index is 919. The third kappa shape index (κ3) is 5.37. The van der Waals surface area contributed by atoms with Crippen molar-refractivity contribution >= 4 is 33.8 Å². The number of anilines is 3. The standard InChI is InChI=1S/C14H20N8O4S/c1-5-26-14-19-11(15-2)17-12(20-14)18-13(23)21-27(24,25)10-8-6-7-9(16-10)22(3)4/h6-8H,5H2,1-4H3,(H3,15,17,18,19,20,21,23). The number of pyridine rings is 1. The van der Waals surface area contributed by atoms with Gasteiger partial charge in [0.25, 0.3) is 10.0 Å². The van der Waals surface area contributed by atoms with Crippen LogP contribution in [0.2, 0.25) is 0 Å². The number of aromatic nitrogens is 4. The zero-order chi connectivity index (χ0) is 20.0. The molecule has 0 fully saturated rings. The molecule has 0 aliphatic rings. The van der Waals surface area contributed by atoms with Gasteiger partial charge in [0.1, 0.15) is 5.82 Å². The average Bonchev–Trinajstić information content (AvgIpc) is 2.61. The molecule has 2 aromatic rings. The van der Waals surface area contributed by atoms with Crippen LogP contribution in [0.15, 0.2) is 23.2 Å². The normalized spacial score (nSPS) is 10.8. The number of nitrogens with one attached hydrogen (secondary N) is 3. The summed E-state index contributed by atoms with van der Waals surface area (Å²) < 4.78 is 31.7. The van der Waals surface area contributed by atoms with Crippen LogP contribution in [0.5, 0.6) is 6.01 Å². The molecule has 0 aliphatic heterocycles. The first-order valence-corrected chi connectivity index (χ1v) is 9.28. The number of ether oxygens (including phenoxy) is 1. The summed E-state index contributed by atoms with van der Waals surface area (Å²) in [5.41, 5.74) is 0. The van der Waals surface area contributed by atoms with Crippen molar-refractivity contribution in [3.63, 3.8) is 0 Å². The van der Waals surface area contributed by atoms with Crippen molar-refractivity contribution < 1.29 is 17.9 Å². The number of urea groups is 1. The van der Waals surface area contributed by atoms with Crippen molar-refractivity contribution in [2.75, 3.05) is 43.3 Å². The highest BCUT2D eigenvalue weighted by atomic mass is 32.2. The highest BCUT2D eigenvalue weighted by Gasteiger charge is 2.21. The molecule has 0 saturated carbocycles. The molecule has 0 radical (unpaired) electrons. The summed E-state index contributed by atoms with van der Waals surface area (Å²) in [4.78, 5) is 29.4. The Morgan fingerprint density at radius 2 is 1.85 bits per heavy atom. The van der Waals surface area contributed by atoms with Crippen LogP contribution in [-0.2, 0) is 10.0 Å². The molecule has 0 saturated heterocycles. The molecular formula is C14H20N8O4S. The van der Waals surface area contributed by atoms with E-state index in [0.29, 0.717) is 12.4 Å². The van der Waals surface area contributed by atoms with Crippen LogP contribution in [0.25, 0.3) is 0 Å². The minimum atomic E-state index is -4.19. The maximum atomic E-state index is 12.4. The second-order valence-corrected chi connectivity index (χ2v) is 6.87. The molecule has 13 heteroatoms. The number of hydrogen-bond acceptors (Lipinski definition) is 10. The van der Waals surface area contributed by atoms with Gasteiger partial charge in [-0.3, -0.25) is 5.32 Å². The quantitative estimate of drug-likeness (QED) is 0.595. The van der Waals surface area contributed by atoms with Crippen LogP contribution in [0, 0.1) is 0 Å². The fourth-order valence-electron chi connectivity index (χ4n) is 1.82. The summed E-state index contributed by atoms with van der Waals surface area (Å²) in [7, 11) is 0.817. The van der Waals surface area contributed by atoms with Crippen LogP contribution in [-0.4, -0.2) is 62.1 Å². The second kappa shape index (κ2) is 8.44. The third-order valence-corrected chi connectivity index (χ3v) is 4.24. The van der Waals surface area contributed by atoms with E-state index in [1.165, 1.54) is 12.1 Å². The molecule has 0 unspecified atom stereocenters. The monoisotopic (exact) mass is 396 g/mol. The molecule has 2 amide bonds. The largest absolute Gasteiger partial charge is 0.464 e. The lowest BCUT2D eigenvalue weighted by Gasteiger charge is -2.13. The van der Waals surface area contributed by atoms with Gasteiger partial charge in [0.2, 0.25) is 11.9 Å². The van der Waals surface area contributed by atoms with Crippen LogP contribution in [0.3, 0.4) is 0 Å². The predicted molar refractivity (Wildman–Crippen MR) is 98.4 cm³/mol. The van der Waals surface area contributed by atoms with Crippen LogP contribution >= 0.6 is 0 Å². The molecule has 2 aromatic heterocycles. The number of rotatable bonds is 7. The summed E-state index contributed by atoms with van der Waals surface area (Å²) in [6.07, 6.45) is 0. The lowest BCUT2D eigenvalue weighted by atomic mass is 10.4. The Labute approximate surface area is 156 Å². The molecule has 0 bridgehead atoms. The van der Waals surface area contributed by atoms with Crippen molar-refractivity contribution in [2.45, 2.75) is 11.9 Å². The van der Waals surface area contributed by atoms with Crippen molar-refractivity contribution in [2.24, 2.45) is 0 Å². The first kappa shape index (κ1) is 20.1. The van der Waals surface area contributed by atoms with Crippen LogP contribution in [0.4, 0.5) is 22.5 Å². The lowest BCUT2D eigenvalue weighted by molar-refractivity contribution is 0.256. The van der Waals surface area contributed by atoms with Crippen molar-refractivity contribution in [1.29, 1.82) is 0 Å². The average molecular weight is 396 g/mol. The molecule has 2 heterocycles. The second-order valence-electron chi connectivity index (χ2n) is 5.24. The van der Waals surface area contributed by atoms with E-state index >= 15 is 0 Å². The van der Waals surface area contributed by atoms with Gasteiger partial charge in [-0.15, -0.1) is 0 Å². The van der Waals surface area contributed by atoms with Crippen molar-refractivity contribution in [3.05, 3.63) is 18.2 Å². The highest BCUT2D eigenvalue weighted by molar-refractivity contribution is 7.90. The van der Waals surface area contributed by atoms with Crippen LogP contribution < -0.4 is 25.0 Å². The molecule has 146 valence electrons. The molecule has 0 aliphatic carbocycles. The highest BCUT2D eigenvalue weighted by Crippen LogP contribution is 2.13. The Hall–Kier alpha value is -3.22. The van der Waals surface area contributed by atoms with Gasteiger partial charge in [-0.25, -0.2) is 14.5 Å². The molecule has 0 aromatic carbocycles. The topological polar surface area (TPSA) is 151 Å². The number of hydrogen-bond donors (Lipinski definition) is 3. The van der Waals surface area contributed by atoms with Gasteiger partial charge in [0.05, 0.1) is 6.61 Å². The zero-order valence-corrected chi connectivity index (χ0v) is 16.0. The van der Waals surface area contributed by atoms with E-state index in [4.69, 9.17) is 4.74 Å². The third-order valence-electron chi connectivity index (χ3n) is 3.01. The van der Waals surface area contributed by atoms with Gasteiger partial charge < -0.3 is 15.0 Å². The van der Waals surface area contributed by atoms with E-state index in [-0.39, 0.29) is 22.9 Å². The molecule has 0 atom stereocenters. The Balaban J connectivity index is 2.17. The predicted octanol–water partition coefficient (Wildman–Crippen LogP) is 0.283. The number of nitrogens with zero attached hydrogens (tertiary/aromatic N) is 5. The molecule has 2 rings (SSSR count). The summed E-state index contributed by atoms with van der Waals surface area (Å²) in [5, 5.41) is 4.61. The number of sulfonamides is 1. The number of amides is 2. The smallest absolute Gasteiger partial charge is 0.335 e. The maximum Gasteiger partial charge on any atom is 0.335 e. The van der Waals surface area contributed by atoms with E-state index in [1.54, 1.807) is 39.0 Å².